The number of rotatable bonds is 2. The van der Waals surface area contributed by atoms with Crippen molar-refractivity contribution in [3.63, 3.8) is 0 Å². The predicted octanol–water partition coefficient (Wildman–Crippen LogP) is 2.40. The third-order valence-electron chi connectivity index (χ3n) is 1.10. The van der Waals surface area contributed by atoms with E-state index in [0.717, 1.165) is 0 Å². The normalized spacial score (nSPS) is 9.80. The fraction of sp³-hybridized carbons (Fsp3) is 0. The second-order valence-corrected chi connectivity index (χ2v) is 1.77. The molecule has 10 heavy (non-hydrogen) atoms. The molecular weight excluding hydrogens is 134 g/mol. The lowest BCUT2D eigenvalue weighted by molar-refractivity contribution is 0.641. The minimum atomic E-state index is 0.305. The Morgan fingerprint density at radius 3 is 1.30 bits per heavy atom. The Balaban J connectivity index is 2.80. The molecule has 1 aromatic rings. The van der Waals surface area contributed by atoms with E-state index in [1.165, 1.54) is 37.6 Å². The molecule has 0 amide bonds. The molecule has 1 aromatic carbocycles. The summed E-state index contributed by atoms with van der Waals surface area (Å²) in [5, 5.41) is 0. The third-order valence-corrected chi connectivity index (χ3v) is 1.10. The van der Waals surface area contributed by atoms with Gasteiger partial charge in [-0.25, -0.2) is 8.78 Å². The van der Waals surface area contributed by atoms with E-state index in [-0.39, 0.29) is 0 Å². The van der Waals surface area contributed by atoms with E-state index in [0.29, 0.717) is 11.1 Å². The maximum Gasteiger partial charge on any atom is 0.219 e. The average molecular weight is 138 g/mol. The van der Waals surface area contributed by atoms with Crippen LogP contribution in [0.25, 0.3) is 0 Å². The second-order valence-electron chi connectivity index (χ2n) is 1.77. The van der Waals surface area contributed by atoms with Crippen molar-refractivity contribution in [2.45, 2.75) is 0 Å². The summed E-state index contributed by atoms with van der Waals surface area (Å²) in [6.45, 7) is 2.86. The lowest BCUT2D eigenvalue weighted by atomic mass is 10.2. The highest BCUT2D eigenvalue weighted by Gasteiger charge is 1.94. The standard InChI is InChI=1S/C8H4F2/c9-5-7-1-2-8(6-10)4-3-7/h1-4H. The molecule has 0 saturated carbocycles. The molecule has 0 spiro atoms. The molecule has 0 bridgehead atoms. The Labute approximate surface area is 58.5 Å². The summed E-state index contributed by atoms with van der Waals surface area (Å²) in [5.41, 5.74) is 0.609. The van der Waals surface area contributed by atoms with Gasteiger partial charge in [0.2, 0.25) is 13.3 Å². The van der Waals surface area contributed by atoms with Crippen LogP contribution in [0.4, 0.5) is 8.78 Å². The summed E-state index contributed by atoms with van der Waals surface area (Å²) in [5.74, 6) is 0. The molecule has 0 unspecified atom stereocenters. The highest BCUT2D eigenvalue weighted by Crippen LogP contribution is 2.08. The average Bonchev–Trinajstić information content (AvgIpc) is 2.05. The van der Waals surface area contributed by atoms with Gasteiger partial charge in [0.05, 0.1) is 0 Å². The maximum atomic E-state index is 11.6. The highest BCUT2D eigenvalue weighted by atomic mass is 19.1. The topological polar surface area (TPSA) is 0 Å². The van der Waals surface area contributed by atoms with E-state index in [4.69, 9.17) is 0 Å². The van der Waals surface area contributed by atoms with Crippen LogP contribution >= 0.6 is 0 Å². The summed E-state index contributed by atoms with van der Waals surface area (Å²) in [7, 11) is 0. The molecule has 0 aliphatic rings. The fourth-order valence-electron chi connectivity index (χ4n) is 0.596. The van der Waals surface area contributed by atoms with Crippen molar-refractivity contribution < 1.29 is 8.78 Å². The molecule has 0 aliphatic heterocycles. The minimum absolute atomic E-state index is 0.305. The third kappa shape index (κ3) is 1.53. The van der Waals surface area contributed by atoms with Crippen LogP contribution in [0.15, 0.2) is 24.3 Å². The van der Waals surface area contributed by atoms with Crippen molar-refractivity contribution in [1.29, 1.82) is 0 Å². The Hall–Kier alpha value is -0.920. The molecule has 4 radical (unpaired) electrons. The van der Waals surface area contributed by atoms with Crippen molar-refractivity contribution in [1.82, 2.24) is 0 Å². The quantitative estimate of drug-likeness (QED) is 0.588. The summed E-state index contributed by atoms with van der Waals surface area (Å²) < 4.78 is 23.2. The lowest BCUT2D eigenvalue weighted by Gasteiger charge is -1.92. The largest absolute Gasteiger partial charge is 0.230 e. The fourth-order valence-corrected chi connectivity index (χ4v) is 0.596. The van der Waals surface area contributed by atoms with Crippen molar-refractivity contribution in [3.05, 3.63) is 48.7 Å². The van der Waals surface area contributed by atoms with E-state index >= 15 is 0 Å². The van der Waals surface area contributed by atoms with E-state index in [1.807, 2.05) is 0 Å². The zero-order chi connectivity index (χ0) is 7.40. The number of hydrogen-bond acceptors (Lipinski definition) is 0. The van der Waals surface area contributed by atoms with Crippen molar-refractivity contribution in [2.75, 3.05) is 0 Å². The molecule has 0 heterocycles. The zero-order valence-electron chi connectivity index (χ0n) is 5.07. The van der Waals surface area contributed by atoms with Gasteiger partial charge in [0, 0.05) is 0 Å². The Morgan fingerprint density at radius 2 is 1.10 bits per heavy atom. The van der Waals surface area contributed by atoms with Gasteiger partial charge >= 0.3 is 0 Å². The number of halogens is 2. The van der Waals surface area contributed by atoms with Gasteiger partial charge in [-0.2, -0.15) is 0 Å². The summed E-state index contributed by atoms with van der Waals surface area (Å²) in [6.07, 6.45) is 0. The first-order valence-corrected chi connectivity index (χ1v) is 2.70. The summed E-state index contributed by atoms with van der Waals surface area (Å²) >= 11 is 0. The minimum Gasteiger partial charge on any atom is -0.230 e. The molecule has 0 atom stereocenters. The molecular formula is C8H4F2. The Bertz CT molecular complexity index is 168. The van der Waals surface area contributed by atoms with E-state index in [1.54, 1.807) is 0 Å². The molecule has 0 N–H and O–H groups in total. The molecule has 50 valence electrons. The van der Waals surface area contributed by atoms with Crippen LogP contribution < -0.4 is 0 Å². The van der Waals surface area contributed by atoms with Crippen LogP contribution in [-0.2, 0) is 0 Å². The van der Waals surface area contributed by atoms with Gasteiger partial charge in [0.1, 0.15) is 0 Å². The molecule has 0 aromatic heterocycles. The van der Waals surface area contributed by atoms with Crippen molar-refractivity contribution in [3.8, 4) is 0 Å². The van der Waals surface area contributed by atoms with Gasteiger partial charge in [0.25, 0.3) is 0 Å². The Morgan fingerprint density at radius 1 is 0.800 bits per heavy atom. The first kappa shape index (κ1) is 7.19. The van der Waals surface area contributed by atoms with Crippen LogP contribution in [0, 0.1) is 13.3 Å². The van der Waals surface area contributed by atoms with Crippen LogP contribution in [-0.4, -0.2) is 0 Å². The SMILES string of the molecule is F[C]c1ccc([C]F)cc1. The first-order valence-electron chi connectivity index (χ1n) is 2.70. The van der Waals surface area contributed by atoms with E-state index < -0.39 is 0 Å². The van der Waals surface area contributed by atoms with Crippen LogP contribution in [0.5, 0.6) is 0 Å². The van der Waals surface area contributed by atoms with E-state index in [2.05, 4.69) is 0 Å². The second kappa shape index (κ2) is 3.30. The van der Waals surface area contributed by atoms with Crippen molar-refractivity contribution in [2.24, 2.45) is 0 Å². The maximum absolute atomic E-state index is 11.6. The van der Waals surface area contributed by atoms with Gasteiger partial charge in [-0.1, -0.05) is 24.3 Å². The predicted molar refractivity (Wildman–Crippen MR) is 33.3 cm³/mol. The van der Waals surface area contributed by atoms with Crippen LogP contribution in [0.1, 0.15) is 11.1 Å². The zero-order valence-corrected chi connectivity index (χ0v) is 5.07. The molecule has 0 nitrogen and oxygen atoms in total. The van der Waals surface area contributed by atoms with Crippen LogP contribution in [0.2, 0.25) is 0 Å². The van der Waals surface area contributed by atoms with Crippen LogP contribution in [0.3, 0.4) is 0 Å². The van der Waals surface area contributed by atoms with Gasteiger partial charge in [0.15, 0.2) is 0 Å². The first-order chi connectivity index (χ1) is 4.86. The van der Waals surface area contributed by atoms with E-state index in [9.17, 15) is 8.78 Å². The van der Waals surface area contributed by atoms with Gasteiger partial charge in [-0.15, -0.1) is 0 Å². The van der Waals surface area contributed by atoms with Gasteiger partial charge in [-0.3, -0.25) is 0 Å². The molecule has 2 heteroatoms. The molecule has 0 fully saturated rings. The van der Waals surface area contributed by atoms with Crippen molar-refractivity contribution >= 4 is 0 Å². The smallest absolute Gasteiger partial charge is 0.219 e. The van der Waals surface area contributed by atoms with Gasteiger partial charge < -0.3 is 0 Å². The molecule has 0 saturated heterocycles. The molecule has 1 rings (SSSR count). The lowest BCUT2D eigenvalue weighted by Crippen LogP contribution is -1.77. The number of benzene rings is 1. The number of hydrogen-bond donors (Lipinski definition) is 0. The highest BCUT2D eigenvalue weighted by molar-refractivity contribution is 5.28. The summed E-state index contributed by atoms with van der Waals surface area (Å²) in [4.78, 5) is 0. The summed E-state index contributed by atoms with van der Waals surface area (Å²) in [6, 6.07) is 5.67. The Kier molecular flexibility index (Phi) is 2.37. The molecule has 0 aliphatic carbocycles. The monoisotopic (exact) mass is 138 g/mol. The van der Waals surface area contributed by atoms with Gasteiger partial charge in [-0.05, 0) is 11.1 Å².